The molecule has 3 amide bonds. The second-order valence-electron chi connectivity index (χ2n) is 3.88. The van der Waals surface area contributed by atoms with Crippen LogP contribution in [-0.4, -0.2) is 31.2 Å². The molecular weight excluding hydrogens is 263 g/mol. The van der Waals surface area contributed by atoms with Gasteiger partial charge in [-0.3, -0.25) is 9.69 Å². The van der Waals surface area contributed by atoms with Gasteiger partial charge in [-0.15, -0.1) is 0 Å². The standard InChI is InChI=1S/C11H10F3N3O2/c12-11(13,14)9(18)16-7-1-3-8(4-2-7)17-6-5-15-10(17)19/h1-4H,5-6H2,(H,15,19)(H,16,18). The Morgan fingerprint density at radius 3 is 2.37 bits per heavy atom. The van der Waals surface area contributed by atoms with Crippen molar-refractivity contribution in [2.45, 2.75) is 6.18 Å². The SMILES string of the molecule is O=C1NCCN1c1ccc(NC(=O)C(F)(F)F)cc1. The van der Waals surface area contributed by atoms with Crippen molar-refractivity contribution in [1.29, 1.82) is 0 Å². The van der Waals surface area contributed by atoms with Crippen LogP contribution in [0.15, 0.2) is 24.3 Å². The van der Waals surface area contributed by atoms with Crippen molar-refractivity contribution in [2.75, 3.05) is 23.3 Å². The molecule has 0 atom stereocenters. The van der Waals surface area contributed by atoms with Crippen LogP contribution in [0.5, 0.6) is 0 Å². The third-order valence-electron chi connectivity index (χ3n) is 2.55. The number of carbonyl (C=O) groups is 2. The predicted octanol–water partition coefficient (Wildman–Crippen LogP) is 1.72. The lowest BCUT2D eigenvalue weighted by Crippen LogP contribution is -2.30. The van der Waals surface area contributed by atoms with Crippen LogP contribution in [0, 0.1) is 0 Å². The first-order valence-electron chi connectivity index (χ1n) is 5.41. The molecule has 5 nitrogen and oxygen atoms in total. The quantitative estimate of drug-likeness (QED) is 0.861. The third kappa shape index (κ3) is 2.95. The number of nitrogens with one attached hydrogen (secondary N) is 2. The minimum atomic E-state index is -4.92. The summed E-state index contributed by atoms with van der Waals surface area (Å²) in [6.07, 6.45) is -4.92. The molecule has 1 aromatic rings. The highest BCUT2D eigenvalue weighted by atomic mass is 19.4. The van der Waals surface area contributed by atoms with Gasteiger partial charge in [0.2, 0.25) is 0 Å². The second kappa shape index (κ2) is 4.79. The third-order valence-corrected chi connectivity index (χ3v) is 2.55. The number of urea groups is 1. The molecule has 1 aromatic carbocycles. The van der Waals surface area contributed by atoms with Crippen molar-refractivity contribution in [3.63, 3.8) is 0 Å². The first kappa shape index (κ1) is 13.2. The van der Waals surface area contributed by atoms with Crippen LogP contribution in [0.2, 0.25) is 0 Å². The van der Waals surface area contributed by atoms with Crippen molar-refractivity contribution in [3.05, 3.63) is 24.3 Å². The fourth-order valence-corrected chi connectivity index (χ4v) is 1.64. The average molecular weight is 273 g/mol. The van der Waals surface area contributed by atoms with Crippen LogP contribution in [0.4, 0.5) is 29.3 Å². The Balaban J connectivity index is 2.07. The summed E-state index contributed by atoms with van der Waals surface area (Å²) in [5, 5.41) is 4.33. The number of hydrogen-bond donors (Lipinski definition) is 2. The molecule has 0 spiro atoms. The summed E-state index contributed by atoms with van der Waals surface area (Å²) in [7, 11) is 0. The van der Waals surface area contributed by atoms with E-state index in [1.807, 2.05) is 0 Å². The van der Waals surface area contributed by atoms with Gasteiger partial charge < -0.3 is 10.6 Å². The molecule has 0 aromatic heterocycles. The monoisotopic (exact) mass is 273 g/mol. The van der Waals surface area contributed by atoms with E-state index in [1.54, 1.807) is 5.32 Å². The van der Waals surface area contributed by atoms with Crippen LogP contribution < -0.4 is 15.5 Å². The molecule has 1 saturated heterocycles. The topological polar surface area (TPSA) is 61.4 Å². The zero-order valence-electron chi connectivity index (χ0n) is 9.62. The molecule has 1 fully saturated rings. The van der Waals surface area contributed by atoms with Gasteiger partial charge in [0.1, 0.15) is 0 Å². The molecule has 1 aliphatic heterocycles. The molecule has 0 aliphatic carbocycles. The van der Waals surface area contributed by atoms with Crippen molar-refractivity contribution in [2.24, 2.45) is 0 Å². The van der Waals surface area contributed by atoms with Crippen LogP contribution in [-0.2, 0) is 4.79 Å². The molecular formula is C11H10F3N3O2. The maximum absolute atomic E-state index is 12.0. The zero-order chi connectivity index (χ0) is 14.0. The van der Waals surface area contributed by atoms with Gasteiger partial charge in [-0.05, 0) is 24.3 Å². The highest BCUT2D eigenvalue weighted by Gasteiger charge is 2.38. The van der Waals surface area contributed by atoms with E-state index in [9.17, 15) is 22.8 Å². The maximum Gasteiger partial charge on any atom is 0.471 e. The summed E-state index contributed by atoms with van der Waals surface area (Å²) >= 11 is 0. The summed E-state index contributed by atoms with van der Waals surface area (Å²) in [5.74, 6) is -2.03. The summed E-state index contributed by atoms with van der Waals surface area (Å²) < 4.78 is 36.1. The minimum Gasteiger partial charge on any atom is -0.336 e. The van der Waals surface area contributed by atoms with E-state index >= 15 is 0 Å². The van der Waals surface area contributed by atoms with Crippen LogP contribution in [0.1, 0.15) is 0 Å². The van der Waals surface area contributed by atoms with Gasteiger partial charge in [0, 0.05) is 24.5 Å². The van der Waals surface area contributed by atoms with Gasteiger partial charge >= 0.3 is 18.1 Å². The molecule has 2 rings (SSSR count). The van der Waals surface area contributed by atoms with Gasteiger partial charge in [-0.2, -0.15) is 13.2 Å². The lowest BCUT2D eigenvalue weighted by atomic mass is 10.2. The van der Waals surface area contributed by atoms with Gasteiger partial charge in [-0.1, -0.05) is 0 Å². The highest BCUT2D eigenvalue weighted by Crippen LogP contribution is 2.22. The molecule has 2 N–H and O–H groups in total. The number of hydrogen-bond acceptors (Lipinski definition) is 2. The number of anilines is 2. The number of amides is 3. The fourth-order valence-electron chi connectivity index (χ4n) is 1.64. The molecule has 0 saturated carbocycles. The minimum absolute atomic E-state index is 0.0191. The smallest absolute Gasteiger partial charge is 0.336 e. The van der Waals surface area contributed by atoms with Gasteiger partial charge in [-0.25, -0.2) is 4.79 Å². The molecule has 102 valence electrons. The van der Waals surface area contributed by atoms with Gasteiger partial charge in [0.25, 0.3) is 0 Å². The number of rotatable bonds is 2. The molecule has 1 heterocycles. The first-order chi connectivity index (χ1) is 8.88. The van der Waals surface area contributed by atoms with Gasteiger partial charge in [0.05, 0.1) is 0 Å². The Morgan fingerprint density at radius 1 is 1.26 bits per heavy atom. The summed E-state index contributed by atoms with van der Waals surface area (Å²) in [4.78, 5) is 23.5. The van der Waals surface area contributed by atoms with E-state index in [0.717, 1.165) is 0 Å². The van der Waals surface area contributed by atoms with E-state index in [-0.39, 0.29) is 11.7 Å². The lowest BCUT2D eigenvalue weighted by molar-refractivity contribution is -0.167. The molecule has 19 heavy (non-hydrogen) atoms. The van der Waals surface area contributed by atoms with Crippen LogP contribution in [0.25, 0.3) is 0 Å². The molecule has 1 aliphatic rings. The maximum atomic E-state index is 12.0. The average Bonchev–Trinajstić information content (AvgIpc) is 2.75. The Hall–Kier alpha value is -2.25. The Labute approximate surface area is 106 Å². The molecule has 0 radical (unpaired) electrons. The van der Waals surface area contributed by atoms with E-state index in [2.05, 4.69) is 5.32 Å². The number of carbonyl (C=O) groups excluding carboxylic acids is 2. The van der Waals surface area contributed by atoms with E-state index in [4.69, 9.17) is 0 Å². The molecule has 0 bridgehead atoms. The second-order valence-corrected chi connectivity index (χ2v) is 3.88. The van der Waals surface area contributed by atoms with Crippen molar-refractivity contribution in [1.82, 2.24) is 5.32 Å². The summed E-state index contributed by atoms with van der Waals surface area (Å²) in [6, 6.07) is 5.30. The summed E-state index contributed by atoms with van der Waals surface area (Å²) in [6.45, 7) is 1.01. The highest BCUT2D eigenvalue weighted by molar-refractivity contribution is 5.96. The van der Waals surface area contributed by atoms with E-state index in [1.165, 1.54) is 29.2 Å². The zero-order valence-corrected chi connectivity index (χ0v) is 9.62. The predicted molar refractivity (Wildman–Crippen MR) is 61.9 cm³/mol. The Kier molecular flexibility index (Phi) is 3.32. The Morgan fingerprint density at radius 2 is 1.89 bits per heavy atom. The van der Waals surface area contributed by atoms with E-state index < -0.39 is 12.1 Å². The molecule has 0 unspecified atom stereocenters. The van der Waals surface area contributed by atoms with Crippen LogP contribution >= 0.6 is 0 Å². The van der Waals surface area contributed by atoms with E-state index in [0.29, 0.717) is 18.8 Å². The lowest BCUT2D eigenvalue weighted by Gasteiger charge is -2.15. The Bertz CT molecular complexity index is 499. The number of nitrogens with zero attached hydrogens (tertiary/aromatic N) is 1. The number of alkyl halides is 3. The normalized spacial score (nSPS) is 15.3. The largest absolute Gasteiger partial charge is 0.471 e. The van der Waals surface area contributed by atoms with Crippen molar-refractivity contribution in [3.8, 4) is 0 Å². The van der Waals surface area contributed by atoms with Crippen molar-refractivity contribution >= 4 is 23.3 Å². The first-order valence-corrected chi connectivity index (χ1v) is 5.41. The fraction of sp³-hybridized carbons (Fsp3) is 0.273. The van der Waals surface area contributed by atoms with Crippen molar-refractivity contribution < 1.29 is 22.8 Å². The summed E-state index contributed by atoms with van der Waals surface area (Å²) in [5.41, 5.74) is 0.575. The van der Waals surface area contributed by atoms with Gasteiger partial charge in [0.15, 0.2) is 0 Å². The number of benzene rings is 1. The molecule has 8 heteroatoms. The van der Waals surface area contributed by atoms with Crippen LogP contribution in [0.3, 0.4) is 0 Å². The number of halogens is 3.